The van der Waals surface area contributed by atoms with E-state index in [1.54, 1.807) is 0 Å². The molecule has 2 amide bonds. The first-order valence-electron chi connectivity index (χ1n) is 8.87. The molecule has 6 heteroatoms. The van der Waals surface area contributed by atoms with Gasteiger partial charge in [-0.1, -0.05) is 64.2 Å². The second kappa shape index (κ2) is 16.9. The molecule has 0 rings (SSSR count). The Kier molecular flexibility index (Phi) is 15.8. The maximum absolute atomic E-state index is 10.8. The maximum Gasteiger partial charge on any atom is 0.426 e. The number of carbonyl (C=O) groups excluding carboxylic acids is 2. The summed E-state index contributed by atoms with van der Waals surface area (Å²) in [7, 11) is 1.38. The Balaban J connectivity index is 3.02. The molecule has 0 aliphatic rings. The van der Waals surface area contributed by atoms with Crippen LogP contribution in [0.2, 0.25) is 0 Å². The summed E-state index contributed by atoms with van der Waals surface area (Å²) in [5, 5.41) is 2.69. The molecule has 0 heterocycles. The largest absolute Gasteiger partial charge is 0.453 e. The number of unbranched alkanes of at least 4 members (excludes halogenated alkanes) is 11. The summed E-state index contributed by atoms with van der Waals surface area (Å²) in [6.07, 6.45) is 13.0. The first-order chi connectivity index (χ1) is 11.2. The Morgan fingerprint density at radius 1 is 0.783 bits per heavy atom. The summed E-state index contributed by atoms with van der Waals surface area (Å²) in [5.41, 5.74) is 6.59. The molecule has 0 aliphatic carbocycles. The van der Waals surface area contributed by atoms with Crippen LogP contribution in [-0.4, -0.2) is 32.4 Å². The number of rotatable bonds is 15. The van der Waals surface area contributed by atoms with Crippen LogP contribution < -0.4 is 11.1 Å². The predicted octanol–water partition coefficient (Wildman–Crippen LogP) is 4.44. The van der Waals surface area contributed by atoms with Crippen LogP contribution >= 0.6 is 0 Å². The fourth-order valence-electron chi connectivity index (χ4n) is 2.42. The van der Waals surface area contributed by atoms with E-state index in [9.17, 15) is 9.59 Å². The maximum atomic E-state index is 10.8. The Morgan fingerprint density at radius 3 is 1.65 bits per heavy atom. The highest BCUT2D eigenvalue weighted by Crippen LogP contribution is 2.11. The minimum Gasteiger partial charge on any atom is -0.453 e. The summed E-state index contributed by atoms with van der Waals surface area (Å²) < 4.78 is 9.07. The molecule has 1 radical (unpaired) electrons. The van der Waals surface area contributed by atoms with Gasteiger partial charge in [0.05, 0.1) is 13.7 Å². The highest BCUT2D eigenvalue weighted by Gasteiger charge is 1.97. The number of methoxy groups -OCH3 is 1. The van der Waals surface area contributed by atoms with Crippen LogP contribution in [0.25, 0.3) is 0 Å². The van der Waals surface area contributed by atoms with Crippen molar-refractivity contribution in [3.63, 3.8) is 0 Å². The summed E-state index contributed by atoms with van der Waals surface area (Å²) in [4.78, 5) is 21.1. The molecular weight excluding hydrogens is 296 g/mol. The average Bonchev–Trinajstić information content (AvgIpc) is 2.53. The first kappa shape index (κ1) is 21.5. The zero-order valence-electron chi connectivity index (χ0n) is 14.5. The van der Waals surface area contributed by atoms with Crippen molar-refractivity contribution in [2.24, 2.45) is 0 Å². The Bertz CT molecular complexity index is 298. The molecule has 135 valence electrons. The smallest absolute Gasteiger partial charge is 0.426 e. The van der Waals surface area contributed by atoms with Crippen molar-refractivity contribution >= 4 is 12.2 Å². The summed E-state index contributed by atoms with van der Waals surface area (Å²) in [6.45, 7) is 1.09. The molecule has 0 saturated heterocycles. The van der Waals surface area contributed by atoms with Crippen molar-refractivity contribution in [3.05, 3.63) is 0 Å². The molecule has 0 aromatic rings. The van der Waals surface area contributed by atoms with Gasteiger partial charge in [0.15, 0.2) is 0 Å². The fraction of sp³-hybridized carbons (Fsp3) is 0.882. The highest BCUT2D eigenvalue weighted by molar-refractivity contribution is 5.66. The van der Waals surface area contributed by atoms with E-state index in [1.807, 2.05) is 0 Å². The minimum atomic E-state index is -0.926. The average molecular weight is 329 g/mol. The van der Waals surface area contributed by atoms with E-state index in [4.69, 9.17) is 5.73 Å². The second-order valence-electron chi connectivity index (χ2n) is 5.80. The molecule has 0 aromatic heterocycles. The van der Waals surface area contributed by atoms with E-state index in [0.717, 1.165) is 25.7 Å². The van der Waals surface area contributed by atoms with Crippen LogP contribution in [0.15, 0.2) is 0 Å². The van der Waals surface area contributed by atoms with Crippen LogP contribution in [0.5, 0.6) is 0 Å². The van der Waals surface area contributed by atoms with E-state index in [0.29, 0.717) is 13.2 Å². The highest BCUT2D eigenvalue weighted by atomic mass is 16.5. The zero-order valence-corrected chi connectivity index (χ0v) is 14.5. The van der Waals surface area contributed by atoms with Gasteiger partial charge in [0.25, 0.3) is 0 Å². The third kappa shape index (κ3) is 18.5. The fourth-order valence-corrected chi connectivity index (χ4v) is 2.42. The zero-order chi connectivity index (χ0) is 17.2. The molecule has 0 fully saturated rings. The third-order valence-electron chi connectivity index (χ3n) is 3.76. The standard InChI is InChI=1S/C17H33N2O4/c1-22-17(21)19-14-12-10-8-6-4-2-3-5-7-9-11-13-15-23-16(18)20/h18H,2-15H2,1H3,(H,19,21). The number of ether oxygens (including phenoxy) is 2. The Labute approximate surface area is 140 Å². The SMILES string of the molecule is COC(=O)NCCCCCCCCCCCCCCOC([NH])=O. The second-order valence-corrected chi connectivity index (χ2v) is 5.80. The van der Waals surface area contributed by atoms with Crippen LogP contribution in [0.1, 0.15) is 77.0 Å². The van der Waals surface area contributed by atoms with Gasteiger partial charge in [0, 0.05) is 6.54 Å². The topological polar surface area (TPSA) is 88.4 Å². The molecule has 23 heavy (non-hydrogen) atoms. The molecular formula is C17H33N2O4. The van der Waals surface area contributed by atoms with Crippen LogP contribution in [0, 0.1) is 0 Å². The van der Waals surface area contributed by atoms with E-state index < -0.39 is 6.09 Å². The number of hydrogen-bond donors (Lipinski definition) is 1. The molecule has 0 atom stereocenters. The normalized spacial score (nSPS) is 10.3. The lowest BCUT2D eigenvalue weighted by Gasteiger charge is -2.04. The lowest BCUT2D eigenvalue weighted by Crippen LogP contribution is -2.23. The number of amides is 2. The quantitative estimate of drug-likeness (QED) is 0.450. The molecule has 0 aliphatic heterocycles. The van der Waals surface area contributed by atoms with Gasteiger partial charge >= 0.3 is 12.2 Å². The Morgan fingerprint density at radius 2 is 1.22 bits per heavy atom. The van der Waals surface area contributed by atoms with Crippen molar-refractivity contribution in [3.8, 4) is 0 Å². The lowest BCUT2D eigenvalue weighted by atomic mass is 10.1. The van der Waals surface area contributed by atoms with Gasteiger partial charge in [0.1, 0.15) is 0 Å². The third-order valence-corrected chi connectivity index (χ3v) is 3.76. The predicted molar refractivity (Wildman–Crippen MR) is 90.3 cm³/mol. The van der Waals surface area contributed by atoms with Crippen LogP contribution in [0.4, 0.5) is 9.59 Å². The molecule has 6 nitrogen and oxygen atoms in total. The molecule has 0 saturated carbocycles. The van der Waals surface area contributed by atoms with Crippen LogP contribution in [-0.2, 0) is 9.47 Å². The van der Waals surface area contributed by atoms with Crippen molar-refractivity contribution in [1.29, 1.82) is 0 Å². The van der Waals surface area contributed by atoms with Gasteiger partial charge in [-0.05, 0) is 12.8 Å². The summed E-state index contributed by atoms with van der Waals surface area (Å²) >= 11 is 0. The summed E-state index contributed by atoms with van der Waals surface area (Å²) in [5.74, 6) is 0. The number of alkyl carbamates (subject to hydrolysis) is 1. The molecule has 2 N–H and O–H groups in total. The van der Waals surface area contributed by atoms with E-state index in [-0.39, 0.29) is 6.09 Å². The monoisotopic (exact) mass is 329 g/mol. The van der Waals surface area contributed by atoms with Crippen molar-refractivity contribution in [2.45, 2.75) is 77.0 Å². The van der Waals surface area contributed by atoms with Crippen molar-refractivity contribution < 1.29 is 19.1 Å². The van der Waals surface area contributed by atoms with E-state index >= 15 is 0 Å². The van der Waals surface area contributed by atoms with Gasteiger partial charge < -0.3 is 14.8 Å². The molecule has 0 bridgehead atoms. The first-order valence-corrected chi connectivity index (χ1v) is 8.87. The van der Waals surface area contributed by atoms with Gasteiger partial charge in [-0.15, -0.1) is 0 Å². The number of carbonyl (C=O) groups is 2. The van der Waals surface area contributed by atoms with E-state index in [1.165, 1.54) is 58.5 Å². The minimum absolute atomic E-state index is 0.345. The summed E-state index contributed by atoms with van der Waals surface area (Å²) in [6, 6.07) is 0. The van der Waals surface area contributed by atoms with Crippen molar-refractivity contribution in [2.75, 3.05) is 20.3 Å². The van der Waals surface area contributed by atoms with Gasteiger partial charge in [-0.3, -0.25) is 0 Å². The van der Waals surface area contributed by atoms with Crippen molar-refractivity contribution in [1.82, 2.24) is 11.1 Å². The number of hydrogen-bond acceptors (Lipinski definition) is 4. The number of nitrogens with one attached hydrogen (secondary N) is 2. The van der Waals surface area contributed by atoms with Gasteiger partial charge in [0.2, 0.25) is 0 Å². The van der Waals surface area contributed by atoms with Gasteiger partial charge in [-0.2, -0.15) is 0 Å². The van der Waals surface area contributed by atoms with E-state index in [2.05, 4.69) is 14.8 Å². The van der Waals surface area contributed by atoms with Gasteiger partial charge in [-0.25, -0.2) is 15.3 Å². The Hall–Kier alpha value is -1.46. The molecule has 0 aromatic carbocycles. The lowest BCUT2D eigenvalue weighted by molar-refractivity contribution is 0.152. The van der Waals surface area contributed by atoms with Crippen LogP contribution in [0.3, 0.4) is 0 Å². The molecule has 0 spiro atoms. The molecule has 0 unspecified atom stereocenters.